The van der Waals surface area contributed by atoms with E-state index < -0.39 is 12.0 Å². The first-order chi connectivity index (χ1) is 14.2. The third-order valence-electron chi connectivity index (χ3n) is 4.81. The average Bonchev–Trinajstić information content (AvgIpc) is 3.05. The molecule has 2 aromatic heterocycles. The van der Waals surface area contributed by atoms with Crippen molar-refractivity contribution in [2.45, 2.75) is 40.7 Å². The van der Waals surface area contributed by atoms with Crippen molar-refractivity contribution in [3.05, 3.63) is 57.0 Å². The van der Waals surface area contributed by atoms with Crippen LogP contribution in [0.1, 0.15) is 47.6 Å². The number of esters is 1. The van der Waals surface area contributed by atoms with Crippen LogP contribution in [0.2, 0.25) is 0 Å². The summed E-state index contributed by atoms with van der Waals surface area (Å²) in [4.78, 5) is 43.4. The molecule has 3 aromatic rings. The second kappa shape index (κ2) is 8.79. The number of fused-ring (bicyclic) bond motifs is 1. The van der Waals surface area contributed by atoms with Crippen molar-refractivity contribution in [1.82, 2.24) is 9.55 Å². The Morgan fingerprint density at radius 1 is 1.20 bits per heavy atom. The van der Waals surface area contributed by atoms with Gasteiger partial charge in [-0.05, 0) is 43.9 Å². The van der Waals surface area contributed by atoms with E-state index in [1.165, 1.54) is 10.9 Å². The number of hydrogen-bond donors (Lipinski definition) is 1. The minimum absolute atomic E-state index is 0.214. The van der Waals surface area contributed by atoms with E-state index in [0.717, 1.165) is 16.9 Å². The summed E-state index contributed by atoms with van der Waals surface area (Å²) in [5.41, 5.74) is 1.79. The summed E-state index contributed by atoms with van der Waals surface area (Å²) in [6.07, 6.45) is 1.35. The first-order valence-corrected chi connectivity index (χ1v) is 10.6. The molecule has 0 saturated heterocycles. The SMILES string of the molecule is Cc1ccccc1NC(=O)C(C)n1cnc2sc(C(=O)OCC(C)C)c(C)c2c1=O. The molecular weight excluding hydrogens is 402 g/mol. The standard InChI is InChI=1S/C22H25N3O4S/c1-12(2)10-29-22(28)18-14(4)17-20(30-18)23-11-25(21(17)27)15(5)19(26)24-16-9-7-6-8-13(16)3/h6-9,11-12,15H,10H2,1-5H3,(H,24,26). The van der Waals surface area contributed by atoms with Gasteiger partial charge in [-0.2, -0.15) is 0 Å². The first-order valence-electron chi connectivity index (χ1n) is 9.74. The summed E-state index contributed by atoms with van der Waals surface area (Å²) in [5.74, 6) is -0.566. The minimum Gasteiger partial charge on any atom is -0.461 e. The quantitative estimate of drug-likeness (QED) is 0.599. The molecule has 1 N–H and O–H groups in total. The van der Waals surface area contributed by atoms with Crippen molar-refractivity contribution in [1.29, 1.82) is 0 Å². The topological polar surface area (TPSA) is 90.3 Å². The van der Waals surface area contributed by atoms with E-state index >= 15 is 0 Å². The van der Waals surface area contributed by atoms with Gasteiger partial charge in [0.05, 0.1) is 18.3 Å². The molecule has 0 fully saturated rings. The van der Waals surface area contributed by atoms with Crippen molar-refractivity contribution in [2.75, 3.05) is 11.9 Å². The Balaban J connectivity index is 1.92. The first kappa shape index (κ1) is 21.7. The number of aromatic nitrogens is 2. The number of carbonyl (C=O) groups is 2. The molecule has 1 unspecified atom stereocenters. The van der Waals surface area contributed by atoms with E-state index in [-0.39, 0.29) is 17.4 Å². The molecule has 158 valence electrons. The number of nitrogens with one attached hydrogen (secondary N) is 1. The van der Waals surface area contributed by atoms with Gasteiger partial charge in [0.15, 0.2) is 0 Å². The largest absolute Gasteiger partial charge is 0.461 e. The number of anilines is 1. The smallest absolute Gasteiger partial charge is 0.348 e. The van der Waals surface area contributed by atoms with Gasteiger partial charge >= 0.3 is 5.97 Å². The van der Waals surface area contributed by atoms with Gasteiger partial charge in [-0.15, -0.1) is 11.3 Å². The van der Waals surface area contributed by atoms with Crippen molar-refractivity contribution in [2.24, 2.45) is 5.92 Å². The van der Waals surface area contributed by atoms with Crippen molar-refractivity contribution in [3.8, 4) is 0 Å². The van der Waals surface area contributed by atoms with Crippen LogP contribution in [0.3, 0.4) is 0 Å². The van der Waals surface area contributed by atoms with Crippen LogP contribution in [0.25, 0.3) is 10.2 Å². The fourth-order valence-electron chi connectivity index (χ4n) is 2.99. The summed E-state index contributed by atoms with van der Waals surface area (Å²) in [5, 5.41) is 3.19. The normalized spacial score (nSPS) is 12.2. The molecule has 0 saturated carbocycles. The molecule has 0 aliphatic carbocycles. The van der Waals surface area contributed by atoms with Gasteiger partial charge in [0.2, 0.25) is 5.91 Å². The molecule has 0 aliphatic rings. The Morgan fingerprint density at radius 2 is 1.90 bits per heavy atom. The Hall–Kier alpha value is -3.00. The number of amides is 1. The Kier molecular flexibility index (Phi) is 6.36. The van der Waals surface area contributed by atoms with Crippen LogP contribution in [-0.2, 0) is 9.53 Å². The summed E-state index contributed by atoms with van der Waals surface area (Å²) in [7, 11) is 0. The van der Waals surface area contributed by atoms with E-state index in [0.29, 0.717) is 33.0 Å². The number of benzene rings is 1. The Labute approximate surface area is 178 Å². The van der Waals surface area contributed by atoms with Crippen LogP contribution in [-0.4, -0.2) is 28.0 Å². The van der Waals surface area contributed by atoms with E-state index in [4.69, 9.17) is 4.74 Å². The molecule has 0 bridgehead atoms. The molecule has 1 amide bonds. The number of ether oxygens (including phenoxy) is 1. The number of thiophene rings is 1. The number of rotatable bonds is 6. The lowest BCUT2D eigenvalue weighted by atomic mass is 10.2. The van der Waals surface area contributed by atoms with Crippen molar-refractivity contribution < 1.29 is 14.3 Å². The highest BCUT2D eigenvalue weighted by Gasteiger charge is 2.24. The molecule has 0 radical (unpaired) electrons. The van der Waals surface area contributed by atoms with Crippen LogP contribution in [0, 0.1) is 19.8 Å². The van der Waals surface area contributed by atoms with Gasteiger partial charge in [0.25, 0.3) is 5.56 Å². The van der Waals surface area contributed by atoms with Gasteiger partial charge < -0.3 is 10.1 Å². The van der Waals surface area contributed by atoms with E-state index in [9.17, 15) is 14.4 Å². The van der Waals surface area contributed by atoms with Crippen molar-refractivity contribution in [3.63, 3.8) is 0 Å². The van der Waals surface area contributed by atoms with Crippen LogP contribution in [0.4, 0.5) is 5.69 Å². The zero-order valence-corrected chi connectivity index (χ0v) is 18.5. The average molecular weight is 428 g/mol. The number of nitrogens with zero attached hydrogens (tertiary/aromatic N) is 2. The summed E-state index contributed by atoms with van der Waals surface area (Å²) in [6.45, 7) is 9.45. The van der Waals surface area contributed by atoms with Gasteiger partial charge in [-0.1, -0.05) is 32.0 Å². The lowest BCUT2D eigenvalue weighted by molar-refractivity contribution is -0.118. The van der Waals surface area contributed by atoms with Crippen molar-refractivity contribution >= 4 is 39.1 Å². The van der Waals surface area contributed by atoms with E-state index in [1.54, 1.807) is 13.8 Å². The lowest BCUT2D eigenvalue weighted by Gasteiger charge is -2.16. The number of para-hydroxylation sites is 1. The maximum Gasteiger partial charge on any atom is 0.348 e. The predicted molar refractivity (Wildman–Crippen MR) is 118 cm³/mol. The number of hydrogen-bond acceptors (Lipinski definition) is 6. The monoisotopic (exact) mass is 427 g/mol. The molecule has 3 rings (SSSR count). The summed E-state index contributed by atoms with van der Waals surface area (Å²) < 4.78 is 6.59. The molecule has 0 aliphatic heterocycles. The molecule has 8 heteroatoms. The van der Waals surface area contributed by atoms with E-state index in [1.807, 2.05) is 45.0 Å². The van der Waals surface area contributed by atoms with E-state index in [2.05, 4.69) is 10.3 Å². The number of aryl methyl sites for hydroxylation is 2. The van der Waals surface area contributed by atoms with Crippen LogP contribution < -0.4 is 10.9 Å². The molecule has 7 nitrogen and oxygen atoms in total. The second-order valence-corrected chi connectivity index (χ2v) is 8.66. The third-order valence-corrected chi connectivity index (χ3v) is 5.99. The molecule has 0 spiro atoms. The second-order valence-electron chi connectivity index (χ2n) is 7.67. The third kappa shape index (κ3) is 4.28. The highest BCUT2D eigenvalue weighted by atomic mass is 32.1. The minimum atomic E-state index is -0.773. The zero-order chi connectivity index (χ0) is 22.0. The van der Waals surface area contributed by atoms with Gasteiger partial charge in [-0.25, -0.2) is 9.78 Å². The Bertz CT molecular complexity index is 1160. The maximum atomic E-state index is 13.1. The molecule has 1 aromatic carbocycles. The lowest BCUT2D eigenvalue weighted by Crippen LogP contribution is -2.32. The summed E-state index contributed by atoms with van der Waals surface area (Å²) in [6, 6.07) is 6.66. The summed E-state index contributed by atoms with van der Waals surface area (Å²) >= 11 is 1.13. The molecule has 2 heterocycles. The predicted octanol–water partition coefficient (Wildman–Crippen LogP) is 4.09. The fourth-order valence-corrected chi connectivity index (χ4v) is 4.03. The number of carbonyl (C=O) groups excluding carboxylic acids is 2. The van der Waals surface area contributed by atoms with Gasteiger partial charge in [-0.3, -0.25) is 14.2 Å². The highest BCUT2D eigenvalue weighted by molar-refractivity contribution is 7.20. The molecular formula is C22H25N3O4S. The molecule has 30 heavy (non-hydrogen) atoms. The maximum absolute atomic E-state index is 13.1. The fraction of sp³-hybridized carbons (Fsp3) is 0.364. The Morgan fingerprint density at radius 3 is 2.57 bits per heavy atom. The zero-order valence-electron chi connectivity index (χ0n) is 17.7. The van der Waals surface area contributed by atoms with Crippen LogP contribution >= 0.6 is 11.3 Å². The van der Waals surface area contributed by atoms with Crippen LogP contribution in [0.15, 0.2) is 35.4 Å². The van der Waals surface area contributed by atoms with Gasteiger partial charge in [0, 0.05) is 5.69 Å². The van der Waals surface area contributed by atoms with Crippen LogP contribution in [0.5, 0.6) is 0 Å². The highest BCUT2D eigenvalue weighted by Crippen LogP contribution is 2.28. The van der Waals surface area contributed by atoms with Gasteiger partial charge in [0.1, 0.15) is 15.7 Å². The molecule has 1 atom stereocenters.